The fourth-order valence-corrected chi connectivity index (χ4v) is 4.59. The zero-order valence-electron chi connectivity index (χ0n) is 23.3. The van der Waals surface area contributed by atoms with E-state index in [2.05, 4.69) is 25.3 Å². The summed E-state index contributed by atoms with van der Waals surface area (Å²) in [5.74, 6) is -2.58. The number of hydrogen-bond acceptors (Lipinski definition) is 9. The van der Waals surface area contributed by atoms with Gasteiger partial charge in [0.1, 0.15) is 11.3 Å². The molecular weight excluding hydrogens is 599 g/mol. The van der Waals surface area contributed by atoms with Crippen LogP contribution in [-0.2, 0) is 9.47 Å². The molecule has 220 valence electrons. The Balaban J connectivity index is 1.60. The average Bonchev–Trinajstić information content (AvgIpc) is 3.02. The Hall–Kier alpha value is -5.00. The Bertz CT molecular complexity index is 1740. The first kappa shape index (κ1) is 30.9. The van der Waals surface area contributed by atoms with Gasteiger partial charge < -0.3 is 24.8 Å². The van der Waals surface area contributed by atoms with Crippen molar-refractivity contribution in [3.63, 3.8) is 0 Å². The molecule has 4 aromatic rings. The molecule has 2 aromatic carbocycles. The molecule has 4 rings (SSSR count). The van der Waals surface area contributed by atoms with E-state index in [1.54, 1.807) is 37.3 Å². The van der Waals surface area contributed by atoms with Crippen LogP contribution >= 0.6 is 23.2 Å². The van der Waals surface area contributed by atoms with Crippen LogP contribution in [-0.4, -0.2) is 55.1 Å². The minimum absolute atomic E-state index is 0.0275. The number of ether oxygens (including phenoxy) is 3. The number of nitrogens with one attached hydrogen (secondary N) is 2. The van der Waals surface area contributed by atoms with Gasteiger partial charge in [0, 0.05) is 17.4 Å². The maximum atomic E-state index is 13.2. The smallest absolute Gasteiger partial charge is 0.343 e. The van der Waals surface area contributed by atoms with Crippen LogP contribution in [0.5, 0.6) is 5.88 Å². The maximum absolute atomic E-state index is 13.2. The normalized spacial score (nSPS) is 10.5. The van der Waals surface area contributed by atoms with Gasteiger partial charge in [-0.1, -0.05) is 47.5 Å². The van der Waals surface area contributed by atoms with Gasteiger partial charge in [0.2, 0.25) is 5.88 Å². The predicted octanol–water partition coefficient (Wildman–Crippen LogP) is 5.85. The van der Waals surface area contributed by atoms with Crippen molar-refractivity contribution in [3.8, 4) is 17.0 Å². The Labute approximate surface area is 256 Å². The van der Waals surface area contributed by atoms with Crippen molar-refractivity contribution in [2.24, 2.45) is 0 Å². The third-order valence-electron chi connectivity index (χ3n) is 6.29. The number of hydrogen-bond donors (Lipinski definition) is 2. The second-order valence-corrected chi connectivity index (χ2v) is 9.63. The molecule has 43 heavy (non-hydrogen) atoms. The van der Waals surface area contributed by atoms with E-state index >= 15 is 0 Å². The van der Waals surface area contributed by atoms with Crippen molar-refractivity contribution in [2.45, 2.75) is 6.92 Å². The molecule has 11 nitrogen and oxygen atoms in total. The van der Waals surface area contributed by atoms with Crippen LogP contribution in [0.15, 0.2) is 60.8 Å². The van der Waals surface area contributed by atoms with Crippen molar-refractivity contribution < 1.29 is 33.4 Å². The largest absolute Gasteiger partial charge is 0.480 e. The predicted molar refractivity (Wildman–Crippen MR) is 160 cm³/mol. The number of pyridine rings is 2. The lowest BCUT2D eigenvalue weighted by molar-refractivity contribution is 0.0588. The SMILES string of the molecule is COC(=O)c1ccc(C(=O)Nc2cccc(-c3cccc(NC(=O)c4nc(OC)c(C(=O)OC)cc4Cl)c3C)c2Cl)nc1. The third-order valence-corrected chi connectivity index (χ3v) is 6.99. The lowest BCUT2D eigenvalue weighted by Crippen LogP contribution is -2.17. The summed E-state index contributed by atoms with van der Waals surface area (Å²) in [5.41, 5.74) is 2.78. The van der Waals surface area contributed by atoms with E-state index in [1.165, 1.54) is 45.7 Å². The van der Waals surface area contributed by atoms with E-state index in [-0.39, 0.29) is 38.4 Å². The number of carbonyl (C=O) groups excluding carboxylic acids is 4. The lowest BCUT2D eigenvalue weighted by atomic mass is 9.98. The van der Waals surface area contributed by atoms with E-state index in [4.69, 9.17) is 32.7 Å². The standard InChI is InChI=1S/C30H24Cl2N4O7/c1-15-17(7-5-9-21(15)34-27(38)25-20(31)13-19(30(40)43-4)28(36-25)41-2)18-8-6-10-22(24(18)32)35-26(37)23-12-11-16(14-33-23)29(39)42-3/h5-14H,1-4H3,(H,34,38)(H,35,37). The fraction of sp³-hybridized carbons (Fsp3) is 0.133. The number of carbonyl (C=O) groups is 4. The number of nitrogens with zero attached hydrogens (tertiary/aromatic N) is 2. The van der Waals surface area contributed by atoms with Gasteiger partial charge in [0.25, 0.3) is 11.8 Å². The van der Waals surface area contributed by atoms with Crippen molar-refractivity contribution in [1.29, 1.82) is 0 Å². The molecule has 2 heterocycles. The number of anilines is 2. The number of halogens is 2. The minimum Gasteiger partial charge on any atom is -0.480 e. The molecule has 2 aromatic heterocycles. The average molecular weight is 623 g/mol. The number of esters is 2. The van der Waals surface area contributed by atoms with Crippen molar-refractivity contribution in [2.75, 3.05) is 32.0 Å². The zero-order chi connectivity index (χ0) is 31.3. The molecule has 2 amide bonds. The van der Waals surface area contributed by atoms with Crippen LogP contribution in [0.2, 0.25) is 10.0 Å². The second kappa shape index (κ2) is 13.3. The molecule has 0 aliphatic heterocycles. The third kappa shape index (κ3) is 6.58. The fourth-order valence-electron chi connectivity index (χ4n) is 4.08. The number of amides is 2. The highest BCUT2D eigenvalue weighted by molar-refractivity contribution is 6.37. The quantitative estimate of drug-likeness (QED) is 0.231. The molecule has 0 aliphatic carbocycles. The summed E-state index contributed by atoms with van der Waals surface area (Å²) in [5, 5.41) is 5.69. The summed E-state index contributed by atoms with van der Waals surface area (Å²) < 4.78 is 14.5. The molecule has 0 unspecified atom stereocenters. The number of rotatable bonds is 8. The second-order valence-electron chi connectivity index (χ2n) is 8.84. The minimum atomic E-state index is -0.718. The maximum Gasteiger partial charge on any atom is 0.343 e. The first-order valence-electron chi connectivity index (χ1n) is 12.5. The molecule has 0 aliphatic rings. The van der Waals surface area contributed by atoms with Gasteiger partial charge in [-0.05, 0) is 48.4 Å². The van der Waals surface area contributed by atoms with Crippen LogP contribution in [0.1, 0.15) is 47.3 Å². The molecule has 13 heteroatoms. The van der Waals surface area contributed by atoms with Gasteiger partial charge >= 0.3 is 11.9 Å². The Kier molecular flexibility index (Phi) is 9.59. The van der Waals surface area contributed by atoms with Crippen LogP contribution in [0.25, 0.3) is 11.1 Å². The first-order chi connectivity index (χ1) is 20.6. The number of methoxy groups -OCH3 is 3. The van der Waals surface area contributed by atoms with Gasteiger partial charge in [-0.3, -0.25) is 14.6 Å². The van der Waals surface area contributed by atoms with E-state index in [0.29, 0.717) is 28.1 Å². The highest BCUT2D eigenvalue weighted by Gasteiger charge is 2.23. The van der Waals surface area contributed by atoms with Crippen molar-refractivity contribution >= 4 is 58.3 Å². The van der Waals surface area contributed by atoms with Gasteiger partial charge in [-0.2, -0.15) is 0 Å². The van der Waals surface area contributed by atoms with Crippen LogP contribution in [0.3, 0.4) is 0 Å². The van der Waals surface area contributed by atoms with Gasteiger partial charge in [-0.15, -0.1) is 0 Å². The van der Waals surface area contributed by atoms with E-state index in [0.717, 1.165) is 0 Å². The Morgan fingerprint density at radius 3 is 2.07 bits per heavy atom. The van der Waals surface area contributed by atoms with E-state index in [1.807, 2.05) is 6.07 Å². The topological polar surface area (TPSA) is 146 Å². The van der Waals surface area contributed by atoms with Crippen LogP contribution in [0, 0.1) is 6.92 Å². The summed E-state index contributed by atoms with van der Waals surface area (Å²) in [6.45, 7) is 1.79. The molecule has 0 saturated carbocycles. The molecule has 0 fully saturated rings. The number of aromatic nitrogens is 2. The molecule has 2 N–H and O–H groups in total. The molecule has 0 bridgehead atoms. The summed E-state index contributed by atoms with van der Waals surface area (Å²) in [6, 6.07) is 14.4. The highest BCUT2D eigenvalue weighted by atomic mass is 35.5. The van der Waals surface area contributed by atoms with E-state index in [9.17, 15) is 19.2 Å². The summed E-state index contributed by atoms with van der Waals surface area (Å²) in [6.07, 6.45) is 1.24. The molecular formula is C30H24Cl2N4O7. The van der Waals surface area contributed by atoms with Crippen molar-refractivity contribution in [3.05, 3.63) is 98.9 Å². The van der Waals surface area contributed by atoms with Crippen molar-refractivity contribution in [1.82, 2.24) is 9.97 Å². The van der Waals surface area contributed by atoms with E-state index < -0.39 is 23.8 Å². The summed E-state index contributed by atoms with van der Waals surface area (Å²) in [7, 11) is 3.75. The highest BCUT2D eigenvalue weighted by Crippen LogP contribution is 2.38. The van der Waals surface area contributed by atoms with Gasteiger partial charge in [-0.25, -0.2) is 14.6 Å². The zero-order valence-corrected chi connectivity index (χ0v) is 24.8. The number of benzene rings is 2. The van der Waals surface area contributed by atoms with Gasteiger partial charge in [0.15, 0.2) is 5.69 Å². The van der Waals surface area contributed by atoms with Gasteiger partial charge in [0.05, 0.1) is 42.6 Å². The summed E-state index contributed by atoms with van der Waals surface area (Å²) >= 11 is 13.0. The first-order valence-corrected chi connectivity index (χ1v) is 13.2. The molecule has 0 radical (unpaired) electrons. The monoisotopic (exact) mass is 622 g/mol. The van der Waals surface area contributed by atoms with Crippen LogP contribution in [0.4, 0.5) is 11.4 Å². The molecule has 0 atom stereocenters. The Morgan fingerprint density at radius 1 is 0.791 bits per heavy atom. The summed E-state index contributed by atoms with van der Waals surface area (Å²) in [4.78, 5) is 57.8. The Morgan fingerprint density at radius 2 is 1.44 bits per heavy atom. The van der Waals surface area contributed by atoms with Crippen LogP contribution < -0.4 is 15.4 Å². The molecule has 0 saturated heterocycles. The molecule has 0 spiro atoms. The lowest BCUT2D eigenvalue weighted by Gasteiger charge is -2.16.